The zero-order valence-electron chi connectivity index (χ0n) is 12.6. The second-order valence-corrected chi connectivity index (χ2v) is 6.09. The fraction of sp³-hybridized carbons (Fsp3) is 0.267. The average molecular weight is 316 g/mol. The van der Waals surface area contributed by atoms with Crippen molar-refractivity contribution < 1.29 is 9.32 Å². The van der Waals surface area contributed by atoms with Crippen molar-refractivity contribution in [3.63, 3.8) is 0 Å². The molecule has 6 nitrogen and oxygen atoms in total. The molecule has 7 heteroatoms. The maximum atomic E-state index is 12.5. The Morgan fingerprint density at radius 1 is 1.27 bits per heavy atom. The lowest BCUT2D eigenvalue weighted by atomic mass is 10.2. The zero-order valence-corrected chi connectivity index (χ0v) is 13.4. The molecule has 114 valence electrons. The van der Waals surface area contributed by atoms with Gasteiger partial charge in [-0.05, 0) is 37.8 Å². The van der Waals surface area contributed by atoms with E-state index in [4.69, 9.17) is 4.52 Å². The number of nitrogens with zero attached hydrogens (tertiary/aromatic N) is 4. The van der Waals surface area contributed by atoms with E-state index >= 15 is 0 Å². The second-order valence-electron chi connectivity index (χ2n) is 5.28. The van der Waals surface area contributed by atoms with Crippen LogP contribution in [-0.4, -0.2) is 41.5 Å². The smallest absolute Gasteiger partial charge is 0.281 e. The molecule has 0 fully saturated rings. The van der Waals surface area contributed by atoms with Crippen LogP contribution in [-0.2, 0) is 6.54 Å². The fourth-order valence-electron chi connectivity index (χ4n) is 2.18. The highest BCUT2D eigenvalue weighted by Crippen LogP contribution is 2.29. The topological polar surface area (TPSA) is 62.5 Å². The first-order valence-corrected chi connectivity index (χ1v) is 7.56. The predicted octanol–water partition coefficient (Wildman–Crippen LogP) is 2.62. The first-order chi connectivity index (χ1) is 10.6. The van der Waals surface area contributed by atoms with Crippen LogP contribution < -0.4 is 4.90 Å². The maximum Gasteiger partial charge on any atom is 0.281 e. The summed E-state index contributed by atoms with van der Waals surface area (Å²) in [6.45, 7) is 0.601. The van der Waals surface area contributed by atoms with E-state index in [0.29, 0.717) is 18.1 Å². The van der Waals surface area contributed by atoms with Crippen LogP contribution in [0.4, 0.5) is 5.82 Å². The Labute approximate surface area is 132 Å². The highest BCUT2D eigenvalue weighted by Gasteiger charge is 2.21. The quantitative estimate of drug-likeness (QED) is 0.740. The van der Waals surface area contributed by atoms with Gasteiger partial charge in [-0.2, -0.15) is 4.37 Å². The van der Waals surface area contributed by atoms with E-state index in [1.165, 1.54) is 16.4 Å². The molecule has 0 unspecified atom stereocenters. The van der Waals surface area contributed by atoms with Crippen LogP contribution in [0.15, 0.2) is 34.9 Å². The van der Waals surface area contributed by atoms with Crippen LogP contribution in [0.5, 0.6) is 0 Å². The lowest BCUT2D eigenvalue weighted by Crippen LogP contribution is -2.26. The molecule has 0 atom stereocenters. The number of carbonyl (C=O) groups excluding carboxylic acids is 1. The first kappa shape index (κ1) is 14.7. The number of hydrogen-bond acceptors (Lipinski definition) is 6. The summed E-state index contributed by atoms with van der Waals surface area (Å²) < 4.78 is 10.6. The first-order valence-electron chi connectivity index (χ1n) is 6.79. The van der Waals surface area contributed by atoms with Gasteiger partial charge in [-0.25, -0.2) is 0 Å². The lowest BCUT2D eigenvalue weighted by Gasteiger charge is -2.12. The van der Waals surface area contributed by atoms with Crippen LogP contribution in [0.3, 0.4) is 0 Å². The third kappa shape index (κ3) is 2.72. The second kappa shape index (κ2) is 5.86. The van der Waals surface area contributed by atoms with E-state index in [2.05, 4.69) is 9.53 Å². The minimum Gasteiger partial charge on any atom is -0.359 e. The Balaban J connectivity index is 1.86. The average Bonchev–Trinajstić information content (AvgIpc) is 3.11. The van der Waals surface area contributed by atoms with Gasteiger partial charge in [-0.1, -0.05) is 17.3 Å². The molecule has 2 heterocycles. The van der Waals surface area contributed by atoms with Crippen LogP contribution in [0.2, 0.25) is 0 Å². The lowest BCUT2D eigenvalue weighted by molar-refractivity contribution is 0.0984. The van der Waals surface area contributed by atoms with Gasteiger partial charge in [0.15, 0.2) is 17.3 Å². The van der Waals surface area contributed by atoms with Crippen molar-refractivity contribution >= 4 is 33.3 Å². The Morgan fingerprint density at radius 2 is 2.05 bits per heavy atom. The van der Waals surface area contributed by atoms with Crippen molar-refractivity contribution in [3.05, 3.63) is 41.8 Å². The Hall–Kier alpha value is -2.25. The van der Waals surface area contributed by atoms with Crippen LogP contribution in [0, 0.1) is 0 Å². The van der Waals surface area contributed by atoms with Crippen LogP contribution >= 0.6 is 11.5 Å². The summed E-state index contributed by atoms with van der Waals surface area (Å²) in [5, 5.41) is 4.82. The van der Waals surface area contributed by atoms with E-state index in [-0.39, 0.29) is 11.6 Å². The molecule has 3 aromatic rings. The van der Waals surface area contributed by atoms with Crippen LogP contribution in [0.25, 0.3) is 10.1 Å². The molecule has 2 aromatic heterocycles. The number of anilines is 1. The molecule has 0 bridgehead atoms. The van der Waals surface area contributed by atoms with Gasteiger partial charge < -0.3 is 9.42 Å². The fourth-order valence-corrected chi connectivity index (χ4v) is 2.99. The number of carbonyl (C=O) groups is 1. The van der Waals surface area contributed by atoms with E-state index in [1.54, 1.807) is 13.1 Å². The predicted molar refractivity (Wildman–Crippen MR) is 86.2 cm³/mol. The van der Waals surface area contributed by atoms with Crippen molar-refractivity contribution in [3.8, 4) is 0 Å². The SMILES string of the molecule is CN(C)Cc1cc(C(=O)N(C)c2nsc3ccccc23)no1. The molecule has 0 saturated heterocycles. The summed E-state index contributed by atoms with van der Waals surface area (Å²) in [6.07, 6.45) is 0. The third-order valence-corrected chi connectivity index (χ3v) is 4.05. The van der Waals surface area contributed by atoms with Crippen LogP contribution in [0.1, 0.15) is 16.2 Å². The minimum absolute atomic E-state index is 0.232. The molecule has 1 amide bonds. The molecular weight excluding hydrogens is 300 g/mol. The number of hydrogen-bond donors (Lipinski definition) is 0. The van der Waals surface area contributed by atoms with Crippen molar-refractivity contribution in [1.29, 1.82) is 0 Å². The van der Waals surface area contributed by atoms with Crippen molar-refractivity contribution in [2.45, 2.75) is 6.54 Å². The summed E-state index contributed by atoms with van der Waals surface area (Å²) in [6, 6.07) is 9.51. The number of rotatable bonds is 4. The molecule has 3 rings (SSSR count). The molecule has 0 saturated carbocycles. The number of amides is 1. The third-order valence-electron chi connectivity index (χ3n) is 3.23. The minimum atomic E-state index is -0.232. The molecule has 0 aliphatic carbocycles. The highest BCUT2D eigenvalue weighted by molar-refractivity contribution is 7.13. The number of fused-ring (bicyclic) bond motifs is 1. The summed E-state index contributed by atoms with van der Waals surface area (Å²) in [7, 11) is 5.55. The number of aromatic nitrogens is 2. The van der Waals surface area contributed by atoms with Gasteiger partial charge in [0.1, 0.15) is 0 Å². The molecule has 0 radical (unpaired) electrons. The summed E-state index contributed by atoms with van der Waals surface area (Å²) in [4.78, 5) is 16.0. The largest absolute Gasteiger partial charge is 0.359 e. The van der Waals surface area contributed by atoms with Crippen molar-refractivity contribution in [2.24, 2.45) is 0 Å². The van der Waals surface area contributed by atoms with Gasteiger partial charge >= 0.3 is 0 Å². The standard InChI is InChI=1S/C15H16N4O2S/c1-18(2)9-10-8-12(16-21-10)15(20)19(3)14-11-6-4-5-7-13(11)22-17-14/h4-8H,9H2,1-3H3. The molecule has 1 aromatic carbocycles. The maximum absolute atomic E-state index is 12.5. The van der Waals surface area contributed by atoms with Gasteiger partial charge in [-0.3, -0.25) is 9.69 Å². The summed E-state index contributed by atoms with van der Waals surface area (Å²) >= 11 is 1.37. The number of benzene rings is 1. The zero-order chi connectivity index (χ0) is 15.7. The summed E-state index contributed by atoms with van der Waals surface area (Å²) in [5.74, 6) is 1.07. The van der Waals surface area contributed by atoms with Gasteiger partial charge in [0.25, 0.3) is 5.91 Å². The van der Waals surface area contributed by atoms with Gasteiger partial charge in [-0.15, -0.1) is 0 Å². The monoisotopic (exact) mass is 316 g/mol. The molecular formula is C15H16N4O2S. The van der Waals surface area contributed by atoms with E-state index in [9.17, 15) is 4.79 Å². The Kier molecular flexibility index (Phi) is 3.91. The van der Waals surface area contributed by atoms with Gasteiger partial charge in [0.2, 0.25) is 0 Å². The van der Waals surface area contributed by atoms with Crippen molar-refractivity contribution in [1.82, 2.24) is 14.4 Å². The van der Waals surface area contributed by atoms with Gasteiger partial charge in [0.05, 0.1) is 11.2 Å². The Morgan fingerprint density at radius 3 is 2.82 bits per heavy atom. The molecule has 0 aliphatic rings. The van der Waals surface area contributed by atoms with E-state index in [1.807, 2.05) is 43.3 Å². The molecule has 0 aliphatic heterocycles. The summed E-state index contributed by atoms with van der Waals surface area (Å²) in [5.41, 5.74) is 0.288. The normalized spacial score (nSPS) is 11.3. The van der Waals surface area contributed by atoms with E-state index < -0.39 is 0 Å². The van der Waals surface area contributed by atoms with Gasteiger partial charge in [0, 0.05) is 18.5 Å². The molecule has 0 spiro atoms. The highest BCUT2D eigenvalue weighted by atomic mass is 32.1. The van der Waals surface area contributed by atoms with E-state index in [0.717, 1.165) is 10.1 Å². The molecule has 22 heavy (non-hydrogen) atoms. The Bertz CT molecular complexity index is 809. The van der Waals surface area contributed by atoms with Crippen molar-refractivity contribution in [2.75, 3.05) is 26.0 Å². The molecule has 0 N–H and O–H groups in total.